The summed E-state index contributed by atoms with van der Waals surface area (Å²) in [6, 6.07) is 3.75. The molecule has 106 valence electrons. The molecule has 2 heterocycles. The van der Waals surface area contributed by atoms with Gasteiger partial charge in [-0.05, 0) is 19.1 Å². The van der Waals surface area contributed by atoms with Gasteiger partial charge in [0.05, 0.1) is 0 Å². The zero-order valence-corrected chi connectivity index (χ0v) is 12.3. The molecule has 0 radical (unpaired) electrons. The second kappa shape index (κ2) is 5.44. The number of hydrogen-bond acceptors (Lipinski definition) is 5. The molecule has 1 aromatic rings. The Balaban J connectivity index is 2.23. The summed E-state index contributed by atoms with van der Waals surface area (Å²) in [4.78, 5) is 6.70. The molecule has 0 amide bonds. The maximum Gasteiger partial charge on any atom is 0.244 e. The van der Waals surface area contributed by atoms with Crippen LogP contribution in [0.4, 0.5) is 5.82 Å². The molecule has 1 unspecified atom stereocenters. The number of hydrogen-bond donors (Lipinski definition) is 1. The summed E-state index contributed by atoms with van der Waals surface area (Å²) in [5, 5.41) is 3.31. The van der Waals surface area contributed by atoms with Crippen LogP contribution in [0.15, 0.2) is 23.2 Å². The number of pyridine rings is 1. The maximum atomic E-state index is 11.9. The maximum absolute atomic E-state index is 11.9. The van der Waals surface area contributed by atoms with Crippen molar-refractivity contribution in [3.8, 4) is 0 Å². The van der Waals surface area contributed by atoms with Gasteiger partial charge in [-0.2, -0.15) is 0 Å². The van der Waals surface area contributed by atoms with Crippen molar-refractivity contribution in [2.24, 2.45) is 0 Å². The van der Waals surface area contributed by atoms with Crippen LogP contribution in [-0.2, 0) is 10.0 Å². The molecule has 2 rings (SSSR count). The summed E-state index contributed by atoms with van der Waals surface area (Å²) in [5.74, 6) is 0.826. The Kier molecular flexibility index (Phi) is 4.07. The first-order valence-electron chi connectivity index (χ1n) is 6.29. The molecule has 0 spiro atoms. The average Bonchev–Trinajstić information content (AvgIpc) is 2.39. The van der Waals surface area contributed by atoms with E-state index in [9.17, 15) is 8.42 Å². The van der Waals surface area contributed by atoms with Crippen molar-refractivity contribution in [2.45, 2.75) is 17.9 Å². The highest BCUT2D eigenvalue weighted by Crippen LogP contribution is 2.18. The molecule has 1 N–H and O–H groups in total. The Morgan fingerprint density at radius 3 is 2.68 bits per heavy atom. The summed E-state index contributed by atoms with van der Waals surface area (Å²) in [6.45, 7) is 4.84. The lowest BCUT2D eigenvalue weighted by molar-refractivity contribution is 0.496. The third-order valence-corrected chi connectivity index (χ3v) is 5.09. The summed E-state index contributed by atoms with van der Waals surface area (Å²) in [6.07, 6.45) is 1.43. The fraction of sp³-hybridized carbons (Fsp3) is 0.583. The van der Waals surface area contributed by atoms with Crippen LogP contribution in [0.1, 0.15) is 6.92 Å². The highest BCUT2D eigenvalue weighted by Gasteiger charge is 2.21. The zero-order valence-electron chi connectivity index (χ0n) is 11.5. The topological polar surface area (TPSA) is 65.5 Å². The van der Waals surface area contributed by atoms with Crippen molar-refractivity contribution in [1.29, 1.82) is 0 Å². The molecule has 19 heavy (non-hydrogen) atoms. The number of anilines is 1. The Labute approximate surface area is 114 Å². The van der Waals surface area contributed by atoms with Crippen LogP contribution in [0.2, 0.25) is 0 Å². The van der Waals surface area contributed by atoms with Gasteiger partial charge in [0.1, 0.15) is 10.7 Å². The molecule has 1 aromatic heterocycles. The van der Waals surface area contributed by atoms with Crippen molar-refractivity contribution in [1.82, 2.24) is 14.6 Å². The van der Waals surface area contributed by atoms with Gasteiger partial charge < -0.3 is 10.2 Å². The lowest BCUT2D eigenvalue weighted by Gasteiger charge is -2.34. The van der Waals surface area contributed by atoms with Crippen LogP contribution in [-0.4, -0.2) is 57.5 Å². The smallest absolute Gasteiger partial charge is 0.244 e. The highest BCUT2D eigenvalue weighted by molar-refractivity contribution is 7.89. The minimum absolute atomic E-state index is 0.226. The first kappa shape index (κ1) is 14.2. The number of nitrogens with zero attached hydrogens (tertiary/aromatic N) is 3. The summed E-state index contributed by atoms with van der Waals surface area (Å²) in [7, 11) is -0.367. The van der Waals surface area contributed by atoms with Crippen LogP contribution in [0.5, 0.6) is 0 Å². The quantitative estimate of drug-likeness (QED) is 0.855. The Morgan fingerprint density at radius 1 is 1.42 bits per heavy atom. The Morgan fingerprint density at radius 2 is 2.16 bits per heavy atom. The van der Waals surface area contributed by atoms with Gasteiger partial charge >= 0.3 is 0 Å². The van der Waals surface area contributed by atoms with Crippen LogP contribution >= 0.6 is 0 Å². The summed E-state index contributed by atoms with van der Waals surface area (Å²) in [5.41, 5.74) is 0. The molecular weight excluding hydrogens is 264 g/mol. The summed E-state index contributed by atoms with van der Waals surface area (Å²) < 4.78 is 25.1. The van der Waals surface area contributed by atoms with Crippen LogP contribution < -0.4 is 10.2 Å². The lowest BCUT2D eigenvalue weighted by atomic mass is 10.2. The standard InChI is InChI=1S/C12H20N4O2S/c1-10-8-13-6-7-16(10)12-5-4-11(9-14-12)19(17,18)15(2)3/h4-5,9-10,13H,6-8H2,1-3H3. The van der Waals surface area contributed by atoms with E-state index in [4.69, 9.17) is 0 Å². The first-order valence-corrected chi connectivity index (χ1v) is 7.73. The number of nitrogens with one attached hydrogen (secondary N) is 1. The number of piperazine rings is 1. The SMILES string of the molecule is CC1CNCCN1c1ccc(S(=O)(=O)N(C)C)cn1. The van der Waals surface area contributed by atoms with Crippen molar-refractivity contribution >= 4 is 15.8 Å². The molecule has 1 fully saturated rings. The monoisotopic (exact) mass is 284 g/mol. The van der Waals surface area contributed by atoms with Crippen LogP contribution in [0.3, 0.4) is 0 Å². The van der Waals surface area contributed by atoms with Crippen LogP contribution in [0, 0.1) is 0 Å². The third kappa shape index (κ3) is 2.88. The van der Waals surface area contributed by atoms with Crippen molar-refractivity contribution in [3.63, 3.8) is 0 Å². The number of rotatable bonds is 3. The van der Waals surface area contributed by atoms with E-state index in [0.29, 0.717) is 6.04 Å². The number of sulfonamides is 1. The molecule has 1 atom stereocenters. The second-order valence-electron chi connectivity index (χ2n) is 4.89. The van der Waals surface area contributed by atoms with Gasteiger partial charge in [-0.3, -0.25) is 0 Å². The van der Waals surface area contributed by atoms with Gasteiger partial charge in [0, 0.05) is 46.0 Å². The second-order valence-corrected chi connectivity index (χ2v) is 7.04. The fourth-order valence-electron chi connectivity index (χ4n) is 2.09. The molecule has 0 saturated carbocycles. The molecule has 1 aliphatic rings. The van der Waals surface area contributed by atoms with Gasteiger partial charge in [0.15, 0.2) is 0 Å². The van der Waals surface area contributed by atoms with Gasteiger partial charge in [-0.25, -0.2) is 17.7 Å². The van der Waals surface area contributed by atoms with E-state index in [1.54, 1.807) is 12.1 Å². The van der Waals surface area contributed by atoms with E-state index in [1.807, 2.05) is 0 Å². The lowest BCUT2D eigenvalue weighted by Crippen LogP contribution is -2.50. The van der Waals surface area contributed by atoms with Gasteiger partial charge in [0.2, 0.25) is 10.0 Å². The molecule has 0 aromatic carbocycles. The fourth-order valence-corrected chi connectivity index (χ4v) is 2.93. The number of aromatic nitrogens is 1. The predicted molar refractivity (Wildman–Crippen MR) is 74.8 cm³/mol. The van der Waals surface area contributed by atoms with E-state index < -0.39 is 10.0 Å². The predicted octanol–water partition coefficient (Wildman–Crippen LogP) is 0.130. The Hall–Kier alpha value is -1.18. The molecule has 1 aliphatic heterocycles. The molecule has 1 saturated heterocycles. The van der Waals surface area contributed by atoms with Gasteiger partial charge in [-0.15, -0.1) is 0 Å². The Bertz CT molecular complexity index is 527. The molecule has 0 bridgehead atoms. The van der Waals surface area contributed by atoms with E-state index in [-0.39, 0.29) is 4.90 Å². The largest absolute Gasteiger partial charge is 0.351 e. The normalized spacial score (nSPS) is 20.8. The van der Waals surface area contributed by atoms with Crippen LogP contribution in [0.25, 0.3) is 0 Å². The molecule has 7 heteroatoms. The highest BCUT2D eigenvalue weighted by atomic mass is 32.2. The molecule has 6 nitrogen and oxygen atoms in total. The minimum Gasteiger partial charge on any atom is -0.351 e. The van der Waals surface area contributed by atoms with E-state index in [1.165, 1.54) is 24.6 Å². The molecule has 0 aliphatic carbocycles. The van der Waals surface area contributed by atoms with Crippen molar-refractivity contribution in [3.05, 3.63) is 18.3 Å². The average molecular weight is 284 g/mol. The van der Waals surface area contributed by atoms with Crippen molar-refractivity contribution in [2.75, 3.05) is 38.6 Å². The zero-order chi connectivity index (χ0) is 14.0. The van der Waals surface area contributed by atoms with E-state index in [0.717, 1.165) is 25.5 Å². The van der Waals surface area contributed by atoms with Crippen molar-refractivity contribution < 1.29 is 8.42 Å². The first-order chi connectivity index (χ1) is 8.93. The van der Waals surface area contributed by atoms with E-state index >= 15 is 0 Å². The molecular formula is C12H20N4O2S. The van der Waals surface area contributed by atoms with Gasteiger partial charge in [-0.1, -0.05) is 0 Å². The third-order valence-electron chi connectivity index (χ3n) is 3.29. The minimum atomic E-state index is -3.40. The summed E-state index contributed by atoms with van der Waals surface area (Å²) >= 11 is 0. The van der Waals surface area contributed by atoms with Gasteiger partial charge in [0.25, 0.3) is 0 Å². The van der Waals surface area contributed by atoms with E-state index in [2.05, 4.69) is 22.1 Å².